The number of benzene rings is 2. The van der Waals surface area contributed by atoms with Gasteiger partial charge in [0.05, 0.1) is 26.2 Å². The summed E-state index contributed by atoms with van der Waals surface area (Å²) in [5.74, 6) is 0.492. The number of anilines is 1. The molecule has 198 valence electrons. The lowest BCUT2D eigenvalue weighted by Crippen LogP contribution is -2.52. The molecule has 0 heterocycles. The van der Waals surface area contributed by atoms with Crippen LogP contribution in [0.3, 0.4) is 0 Å². The van der Waals surface area contributed by atoms with Crippen molar-refractivity contribution in [3.8, 4) is 11.5 Å². The van der Waals surface area contributed by atoms with Crippen LogP contribution in [-0.2, 0) is 26.2 Å². The Morgan fingerprint density at radius 3 is 1.97 bits per heavy atom. The number of amides is 2. The highest BCUT2D eigenvalue weighted by atomic mass is 32.2. The van der Waals surface area contributed by atoms with Crippen LogP contribution >= 0.6 is 0 Å². The fraction of sp³-hybridized carbons (Fsp3) is 0.462. The molecule has 36 heavy (non-hydrogen) atoms. The summed E-state index contributed by atoms with van der Waals surface area (Å²) in [4.78, 5) is 28.1. The number of rotatable bonds is 14. The minimum atomic E-state index is -3.79. The monoisotopic (exact) mass is 519 g/mol. The van der Waals surface area contributed by atoms with Gasteiger partial charge in [-0.3, -0.25) is 13.9 Å². The first-order valence-electron chi connectivity index (χ1n) is 12.0. The third-order valence-electron chi connectivity index (χ3n) is 5.77. The van der Waals surface area contributed by atoms with E-state index >= 15 is 0 Å². The van der Waals surface area contributed by atoms with Crippen molar-refractivity contribution in [3.05, 3.63) is 54.1 Å². The first-order valence-corrected chi connectivity index (χ1v) is 13.8. The molecule has 0 saturated heterocycles. The Morgan fingerprint density at radius 1 is 0.944 bits per heavy atom. The molecular weight excluding hydrogens is 482 g/mol. The van der Waals surface area contributed by atoms with Gasteiger partial charge in [-0.15, -0.1) is 0 Å². The highest BCUT2D eigenvalue weighted by Crippen LogP contribution is 2.23. The van der Waals surface area contributed by atoms with Crippen molar-refractivity contribution in [2.45, 2.75) is 45.7 Å². The first-order chi connectivity index (χ1) is 17.1. The summed E-state index contributed by atoms with van der Waals surface area (Å²) in [6.45, 7) is 4.07. The average molecular weight is 520 g/mol. The van der Waals surface area contributed by atoms with Crippen LogP contribution in [-0.4, -0.2) is 64.7 Å². The van der Waals surface area contributed by atoms with Crippen LogP contribution < -0.4 is 19.1 Å². The molecule has 0 radical (unpaired) electrons. The van der Waals surface area contributed by atoms with Gasteiger partial charge in [0.25, 0.3) is 0 Å². The van der Waals surface area contributed by atoms with E-state index in [1.807, 2.05) is 26.0 Å². The summed E-state index contributed by atoms with van der Waals surface area (Å²) in [6.07, 6.45) is 3.18. The molecule has 2 amide bonds. The van der Waals surface area contributed by atoms with Gasteiger partial charge in [-0.1, -0.05) is 32.4 Å². The predicted molar refractivity (Wildman–Crippen MR) is 141 cm³/mol. The number of nitrogens with zero attached hydrogens (tertiary/aromatic N) is 2. The molecule has 1 unspecified atom stereocenters. The Bertz CT molecular complexity index is 1090. The van der Waals surface area contributed by atoms with Crippen LogP contribution in [0, 0.1) is 0 Å². The smallest absolute Gasteiger partial charge is 0.244 e. The molecule has 0 aromatic heterocycles. The van der Waals surface area contributed by atoms with Crippen molar-refractivity contribution in [3.63, 3.8) is 0 Å². The third kappa shape index (κ3) is 8.15. The number of nitrogens with one attached hydrogen (secondary N) is 1. The highest BCUT2D eigenvalue weighted by molar-refractivity contribution is 7.92. The van der Waals surface area contributed by atoms with Crippen molar-refractivity contribution in [1.29, 1.82) is 0 Å². The van der Waals surface area contributed by atoms with Gasteiger partial charge >= 0.3 is 0 Å². The maximum absolute atomic E-state index is 13.6. The molecular formula is C26H37N3O6S. The molecule has 0 bridgehead atoms. The van der Waals surface area contributed by atoms with E-state index in [-0.39, 0.29) is 12.5 Å². The normalized spacial score (nSPS) is 11.9. The van der Waals surface area contributed by atoms with Crippen LogP contribution in [0.15, 0.2) is 48.5 Å². The SMILES string of the molecule is CCCCNC(=O)C(CC)N(Cc1ccc(OC)cc1)C(=O)CN(c1ccc(OC)cc1)S(C)(=O)=O. The molecule has 2 aromatic carbocycles. The molecule has 1 atom stereocenters. The zero-order chi connectivity index (χ0) is 26.7. The second kappa shape index (κ2) is 13.7. The summed E-state index contributed by atoms with van der Waals surface area (Å²) in [7, 11) is -0.709. The Balaban J connectivity index is 2.39. The highest BCUT2D eigenvalue weighted by Gasteiger charge is 2.31. The lowest BCUT2D eigenvalue weighted by molar-refractivity contribution is -0.140. The number of carbonyl (C=O) groups excluding carboxylic acids is 2. The van der Waals surface area contributed by atoms with E-state index in [1.54, 1.807) is 43.5 Å². The molecule has 0 aliphatic rings. The summed E-state index contributed by atoms with van der Waals surface area (Å²) in [6, 6.07) is 12.9. The molecule has 0 aliphatic carbocycles. The van der Waals surface area contributed by atoms with Gasteiger partial charge in [-0.25, -0.2) is 8.42 Å². The van der Waals surface area contributed by atoms with Crippen molar-refractivity contribution in [1.82, 2.24) is 10.2 Å². The van der Waals surface area contributed by atoms with Gasteiger partial charge in [0.2, 0.25) is 21.8 Å². The van der Waals surface area contributed by atoms with Crippen LogP contribution in [0.2, 0.25) is 0 Å². The number of methoxy groups -OCH3 is 2. The van der Waals surface area contributed by atoms with Crippen LogP contribution in [0.4, 0.5) is 5.69 Å². The maximum atomic E-state index is 13.6. The van der Waals surface area contributed by atoms with E-state index in [2.05, 4.69) is 5.32 Å². The van der Waals surface area contributed by atoms with E-state index < -0.39 is 28.5 Å². The first kappa shape index (κ1) is 29.0. The van der Waals surface area contributed by atoms with E-state index in [9.17, 15) is 18.0 Å². The second-order valence-electron chi connectivity index (χ2n) is 8.41. The minimum absolute atomic E-state index is 0.142. The number of unbranched alkanes of at least 4 members (excludes halogenated alkanes) is 1. The van der Waals surface area contributed by atoms with Crippen molar-refractivity contribution < 1.29 is 27.5 Å². The second-order valence-corrected chi connectivity index (χ2v) is 10.3. The molecule has 10 heteroatoms. The molecule has 1 N–H and O–H groups in total. The van der Waals surface area contributed by atoms with Gasteiger partial charge < -0.3 is 19.7 Å². The number of ether oxygens (including phenoxy) is 2. The summed E-state index contributed by atoms with van der Waals surface area (Å²) in [5, 5.41) is 2.90. The molecule has 0 spiro atoms. The maximum Gasteiger partial charge on any atom is 0.244 e. The van der Waals surface area contributed by atoms with Gasteiger partial charge in [0.1, 0.15) is 24.1 Å². The Morgan fingerprint density at radius 2 is 1.50 bits per heavy atom. The van der Waals surface area contributed by atoms with E-state index in [0.29, 0.717) is 30.2 Å². The van der Waals surface area contributed by atoms with Gasteiger partial charge in [0, 0.05) is 13.1 Å². The van der Waals surface area contributed by atoms with Gasteiger partial charge in [-0.05, 0) is 54.8 Å². The summed E-state index contributed by atoms with van der Waals surface area (Å²) >= 11 is 0. The molecule has 2 aromatic rings. The molecule has 0 fully saturated rings. The van der Waals surface area contributed by atoms with Crippen molar-refractivity contribution >= 4 is 27.5 Å². The molecule has 0 saturated carbocycles. The number of sulfonamides is 1. The number of hydrogen-bond donors (Lipinski definition) is 1. The van der Waals surface area contributed by atoms with Crippen molar-refractivity contribution in [2.75, 3.05) is 37.9 Å². The van der Waals surface area contributed by atoms with Crippen LogP contribution in [0.5, 0.6) is 11.5 Å². The molecule has 9 nitrogen and oxygen atoms in total. The van der Waals surface area contributed by atoms with Gasteiger partial charge in [-0.2, -0.15) is 0 Å². The topological polar surface area (TPSA) is 105 Å². The fourth-order valence-corrected chi connectivity index (χ4v) is 4.57. The fourth-order valence-electron chi connectivity index (χ4n) is 3.72. The van der Waals surface area contributed by atoms with E-state index in [0.717, 1.165) is 29.0 Å². The Labute approximate surface area is 214 Å². The molecule has 2 rings (SSSR count). The zero-order valence-corrected chi connectivity index (χ0v) is 22.5. The number of carbonyl (C=O) groups is 2. The lowest BCUT2D eigenvalue weighted by Gasteiger charge is -2.33. The summed E-state index contributed by atoms with van der Waals surface area (Å²) in [5.41, 5.74) is 1.12. The predicted octanol–water partition coefficient (Wildman–Crippen LogP) is 3.19. The van der Waals surface area contributed by atoms with E-state index in [1.165, 1.54) is 12.0 Å². The average Bonchev–Trinajstić information content (AvgIpc) is 2.87. The lowest BCUT2D eigenvalue weighted by atomic mass is 10.1. The van der Waals surface area contributed by atoms with Crippen LogP contribution in [0.25, 0.3) is 0 Å². The van der Waals surface area contributed by atoms with Gasteiger partial charge in [0.15, 0.2) is 0 Å². The summed E-state index contributed by atoms with van der Waals surface area (Å²) < 4.78 is 36.7. The number of hydrogen-bond acceptors (Lipinski definition) is 6. The zero-order valence-electron chi connectivity index (χ0n) is 21.7. The quantitative estimate of drug-likeness (QED) is 0.385. The van der Waals surface area contributed by atoms with Crippen molar-refractivity contribution in [2.24, 2.45) is 0 Å². The standard InChI is InChI=1S/C26H37N3O6S/c1-6-8-17-27-26(31)24(7-2)28(18-20-9-13-22(34-3)14-10-20)25(30)19-29(36(5,32)33)21-11-15-23(35-4)16-12-21/h9-16,24H,6-8,17-19H2,1-5H3,(H,27,31). The third-order valence-corrected chi connectivity index (χ3v) is 6.91. The molecule has 0 aliphatic heterocycles. The van der Waals surface area contributed by atoms with Crippen LogP contribution in [0.1, 0.15) is 38.7 Å². The largest absolute Gasteiger partial charge is 0.497 e. The Hall–Kier alpha value is -3.27. The minimum Gasteiger partial charge on any atom is -0.497 e. The van der Waals surface area contributed by atoms with E-state index in [4.69, 9.17) is 9.47 Å². The Kier molecular flexibility index (Phi) is 11.0.